The topological polar surface area (TPSA) is 68.0 Å². The van der Waals surface area contributed by atoms with Gasteiger partial charge < -0.3 is 11.1 Å². The summed E-state index contributed by atoms with van der Waals surface area (Å²) in [6.07, 6.45) is 2.35. The first-order chi connectivity index (χ1) is 6.95. The van der Waals surface area contributed by atoms with Crippen molar-refractivity contribution in [1.29, 1.82) is 0 Å². The molecule has 1 amide bonds. The molecule has 0 radical (unpaired) electrons. The zero-order chi connectivity index (χ0) is 11.5. The highest BCUT2D eigenvalue weighted by Crippen LogP contribution is 2.22. The molecule has 0 aliphatic carbocycles. The van der Waals surface area contributed by atoms with Crippen LogP contribution in [0.4, 0.5) is 11.5 Å². The number of carbonyl (C=O) groups is 1. The smallest absolute Gasteiger partial charge is 0.230 e. The number of amides is 1. The highest BCUT2D eigenvalue weighted by Gasteiger charge is 2.25. The van der Waals surface area contributed by atoms with Crippen molar-refractivity contribution in [3.63, 3.8) is 0 Å². The van der Waals surface area contributed by atoms with Crippen LogP contribution >= 0.6 is 0 Å². The van der Waals surface area contributed by atoms with Crippen LogP contribution < -0.4 is 11.1 Å². The molecule has 0 unspecified atom stereocenters. The first-order valence-corrected chi connectivity index (χ1v) is 4.98. The molecule has 0 aromatic carbocycles. The Balaban J connectivity index is 2.71. The maximum atomic E-state index is 11.8. The van der Waals surface area contributed by atoms with E-state index in [1.54, 1.807) is 18.3 Å². The van der Waals surface area contributed by atoms with Crippen molar-refractivity contribution in [1.82, 2.24) is 4.98 Å². The summed E-state index contributed by atoms with van der Waals surface area (Å²) in [5.41, 5.74) is 5.76. The van der Waals surface area contributed by atoms with Gasteiger partial charge in [0.15, 0.2) is 0 Å². The van der Waals surface area contributed by atoms with E-state index in [2.05, 4.69) is 10.3 Å². The first-order valence-electron chi connectivity index (χ1n) is 4.98. The summed E-state index contributed by atoms with van der Waals surface area (Å²) in [6, 6.07) is 3.40. The Morgan fingerprint density at radius 1 is 1.53 bits per heavy atom. The highest BCUT2D eigenvalue weighted by atomic mass is 16.2. The van der Waals surface area contributed by atoms with E-state index < -0.39 is 0 Å². The number of nitrogen functional groups attached to an aromatic ring is 1. The van der Waals surface area contributed by atoms with Crippen LogP contribution in [0.3, 0.4) is 0 Å². The van der Waals surface area contributed by atoms with E-state index in [1.807, 2.05) is 20.8 Å². The highest BCUT2D eigenvalue weighted by molar-refractivity contribution is 5.94. The van der Waals surface area contributed by atoms with E-state index in [4.69, 9.17) is 5.73 Å². The predicted molar refractivity (Wildman–Crippen MR) is 61.4 cm³/mol. The van der Waals surface area contributed by atoms with E-state index in [-0.39, 0.29) is 11.3 Å². The Hall–Kier alpha value is -1.58. The maximum absolute atomic E-state index is 11.8. The first kappa shape index (κ1) is 11.5. The molecule has 1 rings (SSSR count). The Morgan fingerprint density at radius 2 is 2.20 bits per heavy atom. The lowest BCUT2D eigenvalue weighted by atomic mass is 9.89. The maximum Gasteiger partial charge on any atom is 0.230 e. The number of anilines is 2. The van der Waals surface area contributed by atoms with Crippen LogP contribution in [-0.2, 0) is 4.79 Å². The van der Waals surface area contributed by atoms with E-state index >= 15 is 0 Å². The van der Waals surface area contributed by atoms with Crippen LogP contribution in [0.1, 0.15) is 27.2 Å². The van der Waals surface area contributed by atoms with Gasteiger partial charge >= 0.3 is 0 Å². The minimum absolute atomic E-state index is 0.00317. The summed E-state index contributed by atoms with van der Waals surface area (Å²) in [4.78, 5) is 15.7. The number of aromatic nitrogens is 1. The molecule has 0 atom stereocenters. The lowest BCUT2D eigenvalue weighted by Gasteiger charge is -2.21. The van der Waals surface area contributed by atoms with Crippen molar-refractivity contribution in [2.75, 3.05) is 11.1 Å². The Morgan fingerprint density at radius 3 is 2.67 bits per heavy atom. The normalized spacial score (nSPS) is 11.1. The lowest BCUT2D eigenvalue weighted by Crippen LogP contribution is -2.30. The third kappa shape index (κ3) is 2.94. The van der Waals surface area contributed by atoms with Gasteiger partial charge in [0.1, 0.15) is 5.82 Å². The van der Waals surface area contributed by atoms with Crippen LogP contribution in [0, 0.1) is 5.41 Å². The van der Waals surface area contributed by atoms with E-state index in [0.29, 0.717) is 11.5 Å². The third-order valence-corrected chi connectivity index (χ3v) is 2.54. The fraction of sp³-hybridized carbons (Fsp3) is 0.455. The molecule has 0 bridgehead atoms. The number of nitrogens with two attached hydrogens (primary N) is 1. The Bertz CT molecular complexity index is 343. The summed E-state index contributed by atoms with van der Waals surface area (Å²) in [7, 11) is 0. The van der Waals surface area contributed by atoms with Gasteiger partial charge in [-0.3, -0.25) is 4.79 Å². The van der Waals surface area contributed by atoms with E-state index in [9.17, 15) is 4.79 Å². The second-order valence-electron chi connectivity index (χ2n) is 4.16. The SMILES string of the molecule is CCC(C)(C)C(=O)Nc1ccc(N)nc1. The van der Waals surface area contributed by atoms with Gasteiger partial charge in [-0.1, -0.05) is 20.8 Å². The average Bonchev–Trinajstić information content (AvgIpc) is 2.21. The van der Waals surface area contributed by atoms with Gasteiger partial charge in [-0.25, -0.2) is 4.98 Å². The van der Waals surface area contributed by atoms with E-state index in [0.717, 1.165) is 6.42 Å². The second-order valence-corrected chi connectivity index (χ2v) is 4.16. The third-order valence-electron chi connectivity index (χ3n) is 2.54. The molecule has 1 aromatic heterocycles. The lowest BCUT2D eigenvalue weighted by molar-refractivity contribution is -0.124. The summed E-state index contributed by atoms with van der Waals surface area (Å²) in [5.74, 6) is 0.444. The summed E-state index contributed by atoms with van der Waals surface area (Å²) >= 11 is 0. The van der Waals surface area contributed by atoms with Crippen LogP contribution in [0.2, 0.25) is 0 Å². The summed E-state index contributed by atoms with van der Waals surface area (Å²) in [6.45, 7) is 5.81. The van der Waals surface area contributed by atoms with Gasteiger partial charge in [0.2, 0.25) is 5.91 Å². The largest absolute Gasteiger partial charge is 0.384 e. The predicted octanol–water partition coefficient (Wildman–Crippen LogP) is 2.04. The molecule has 1 heterocycles. The van der Waals surface area contributed by atoms with Crippen LogP contribution in [0.5, 0.6) is 0 Å². The van der Waals surface area contributed by atoms with Gasteiger partial charge in [0.05, 0.1) is 11.9 Å². The number of rotatable bonds is 3. The fourth-order valence-electron chi connectivity index (χ4n) is 0.940. The van der Waals surface area contributed by atoms with Crippen molar-refractivity contribution >= 4 is 17.4 Å². The number of carbonyl (C=O) groups excluding carboxylic acids is 1. The number of nitrogens with zero attached hydrogens (tertiary/aromatic N) is 1. The molecular formula is C11H17N3O. The number of nitrogens with one attached hydrogen (secondary N) is 1. The monoisotopic (exact) mass is 207 g/mol. The number of pyridine rings is 1. The molecule has 0 fully saturated rings. The zero-order valence-corrected chi connectivity index (χ0v) is 9.37. The van der Waals surface area contributed by atoms with Crippen molar-refractivity contribution in [3.8, 4) is 0 Å². The second kappa shape index (κ2) is 4.29. The average molecular weight is 207 g/mol. The molecule has 4 heteroatoms. The minimum Gasteiger partial charge on any atom is -0.384 e. The molecular weight excluding hydrogens is 190 g/mol. The molecule has 15 heavy (non-hydrogen) atoms. The van der Waals surface area contributed by atoms with Gasteiger partial charge in [0, 0.05) is 5.41 Å². The standard InChI is InChI=1S/C11H17N3O/c1-4-11(2,3)10(15)14-8-5-6-9(12)13-7-8/h5-7H,4H2,1-3H3,(H2,12,13)(H,14,15). The summed E-state index contributed by atoms with van der Waals surface area (Å²) < 4.78 is 0. The quantitative estimate of drug-likeness (QED) is 0.797. The molecule has 0 aliphatic heterocycles. The molecule has 4 nitrogen and oxygen atoms in total. The molecule has 0 spiro atoms. The fourth-order valence-corrected chi connectivity index (χ4v) is 0.940. The van der Waals surface area contributed by atoms with Crippen LogP contribution in [0.15, 0.2) is 18.3 Å². The molecule has 1 aromatic rings. The van der Waals surface area contributed by atoms with E-state index in [1.165, 1.54) is 0 Å². The summed E-state index contributed by atoms with van der Waals surface area (Å²) in [5, 5.41) is 2.80. The Kier molecular flexibility index (Phi) is 3.29. The molecule has 82 valence electrons. The molecule has 0 saturated carbocycles. The van der Waals surface area contributed by atoms with Crippen molar-refractivity contribution < 1.29 is 4.79 Å². The van der Waals surface area contributed by atoms with Gasteiger partial charge in [-0.05, 0) is 18.6 Å². The number of hydrogen-bond donors (Lipinski definition) is 2. The minimum atomic E-state index is -0.360. The zero-order valence-electron chi connectivity index (χ0n) is 9.37. The molecule has 3 N–H and O–H groups in total. The van der Waals surface area contributed by atoms with Gasteiger partial charge in [-0.15, -0.1) is 0 Å². The van der Waals surface area contributed by atoms with Gasteiger partial charge in [-0.2, -0.15) is 0 Å². The molecule has 0 saturated heterocycles. The van der Waals surface area contributed by atoms with Crippen molar-refractivity contribution in [2.24, 2.45) is 5.41 Å². The van der Waals surface area contributed by atoms with Crippen molar-refractivity contribution in [3.05, 3.63) is 18.3 Å². The number of hydrogen-bond acceptors (Lipinski definition) is 3. The van der Waals surface area contributed by atoms with Crippen LogP contribution in [0.25, 0.3) is 0 Å². The molecule has 0 aliphatic rings. The van der Waals surface area contributed by atoms with Gasteiger partial charge in [0.25, 0.3) is 0 Å². The Labute approximate surface area is 89.9 Å². The van der Waals surface area contributed by atoms with Crippen molar-refractivity contribution in [2.45, 2.75) is 27.2 Å². The van der Waals surface area contributed by atoms with Crippen LogP contribution in [-0.4, -0.2) is 10.9 Å².